The number of aryl methyl sites for hydroxylation is 2. The molecule has 0 saturated heterocycles. The number of nitrogens with one attached hydrogen (secondary N) is 1. The van der Waals surface area contributed by atoms with Gasteiger partial charge in [0.2, 0.25) is 11.8 Å². The molecule has 0 saturated carbocycles. The highest BCUT2D eigenvalue weighted by atomic mass is 32.2. The Bertz CT molecular complexity index is 1340. The Kier molecular flexibility index (Phi) is 10.3. The van der Waals surface area contributed by atoms with Gasteiger partial charge in [-0.05, 0) is 62.9 Å². The second-order valence-corrected chi connectivity index (χ2v) is 12.2. The molecule has 1 N–H and O–H groups in total. The van der Waals surface area contributed by atoms with E-state index in [0.717, 1.165) is 21.0 Å². The van der Waals surface area contributed by atoms with Crippen LogP contribution < -0.4 is 9.62 Å². The van der Waals surface area contributed by atoms with Gasteiger partial charge in [0.25, 0.3) is 10.0 Å². The maximum Gasteiger partial charge on any atom is 0.264 e. The number of rotatable bonds is 12. The summed E-state index contributed by atoms with van der Waals surface area (Å²) in [5.41, 5.74) is 3.31. The molecule has 3 aromatic carbocycles. The first-order valence-corrected chi connectivity index (χ1v) is 14.7. The van der Waals surface area contributed by atoms with Crippen LogP contribution in [0, 0.1) is 19.8 Å². The van der Waals surface area contributed by atoms with E-state index in [-0.39, 0.29) is 23.3 Å². The normalized spacial score (nSPS) is 12.2. The lowest BCUT2D eigenvalue weighted by molar-refractivity contribution is -0.138. The zero-order valence-electron chi connectivity index (χ0n) is 23.4. The summed E-state index contributed by atoms with van der Waals surface area (Å²) < 4.78 is 28.8. The molecule has 1 unspecified atom stereocenters. The molecule has 0 aliphatic heterocycles. The lowest BCUT2D eigenvalue weighted by Crippen LogP contribution is -2.52. The number of sulfonamides is 1. The molecule has 0 fully saturated rings. The molecule has 3 rings (SSSR count). The lowest BCUT2D eigenvalue weighted by atomic mass is 10.1. The summed E-state index contributed by atoms with van der Waals surface area (Å²) in [6.45, 7) is 9.80. The van der Waals surface area contributed by atoms with E-state index >= 15 is 0 Å². The quantitative estimate of drug-likeness (QED) is 0.354. The molecule has 1 atom stereocenters. The minimum absolute atomic E-state index is 0.0973. The van der Waals surface area contributed by atoms with Gasteiger partial charge >= 0.3 is 0 Å². The van der Waals surface area contributed by atoms with Crippen molar-refractivity contribution in [1.82, 2.24) is 10.2 Å². The minimum Gasteiger partial charge on any atom is -0.354 e. The van der Waals surface area contributed by atoms with Crippen molar-refractivity contribution in [2.24, 2.45) is 5.92 Å². The first-order valence-electron chi connectivity index (χ1n) is 13.3. The van der Waals surface area contributed by atoms with E-state index in [1.165, 1.54) is 4.90 Å². The van der Waals surface area contributed by atoms with Crippen LogP contribution in [0.3, 0.4) is 0 Å². The van der Waals surface area contributed by atoms with Gasteiger partial charge in [-0.2, -0.15) is 0 Å². The highest BCUT2D eigenvalue weighted by molar-refractivity contribution is 7.92. The van der Waals surface area contributed by atoms with E-state index in [1.54, 1.807) is 43.3 Å². The van der Waals surface area contributed by atoms with Gasteiger partial charge in [-0.25, -0.2) is 8.42 Å². The van der Waals surface area contributed by atoms with E-state index in [2.05, 4.69) is 5.32 Å². The van der Waals surface area contributed by atoms with Crippen molar-refractivity contribution in [3.63, 3.8) is 0 Å². The van der Waals surface area contributed by atoms with Gasteiger partial charge in [0.15, 0.2) is 0 Å². The third kappa shape index (κ3) is 8.17. The van der Waals surface area contributed by atoms with Crippen molar-refractivity contribution in [2.75, 3.05) is 23.9 Å². The third-order valence-electron chi connectivity index (χ3n) is 6.55. The lowest BCUT2D eigenvalue weighted by Gasteiger charge is -2.32. The molecule has 0 bridgehead atoms. The molecule has 208 valence electrons. The summed E-state index contributed by atoms with van der Waals surface area (Å²) in [5, 5.41) is 2.90. The van der Waals surface area contributed by atoms with E-state index in [9.17, 15) is 18.0 Å². The van der Waals surface area contributed by atoms with Crippen molar-refractivity contribution in [1.29, 1.82) is 0 Å². The van der Waals surface area contributed by atoms with E-state index in [1.807, 2.05) is 70.2 Å². The predicted molar refractivity (Wildman–Crippen MR) is 156 cm³/mol. The molecule has 0 radical (unpaired) electrons. The summed E-state index contributed by atoms with van der Waals surface area (Å²) in [4.78, 5) is 28.5. The SMILES string of the molecule is Cc1ccc(N(CC(=O)N(CCc2ccccc2)C(C)C(=O)NCC(C)C)S(=O)(=O)c2ccc(C)cc2)cc1. The predicted octanol–water partition coefficient (Wildman–Crippen LogP) is 4.73. The Morgan fingerprint density at radius 3 is 1.95 bits per heavy atom. The number of anilines is 1. The van der Waals surface area contributed by atoms with Crippen molar-refractivity contribution in [2.45, 2.75) is 52.0 Å². The van der Waals surface area contributed by atoms with Crippen LogP contribution in [0.4, 0.5) is 5.69 Å². The molecule has 2 amide bonds. The third-order valence-corrected chi connectivity index (χ3v) is 8.33. The van der Waals surface area contributed by atoms with Crippen molar-refractivity contribution in [3.05, 3.63) is 95.6 Å². The largest absolute Gasteiger partial charge is 0.354 e. The average Bonchev–Trinajstić information content (AvgIpc) is 2.91. The molecular weight excluding hydrogens is 510 g/mol. The average molecular weight is 550 g/mol. The number of benzene rings is 3. The Morgan fingerprint density at radius 2 is 1.38 bits per heavy atom. The number of hydrogen-bond acceptors (Lipinski definition) is 4. The molecule has 0 aromatic heterocycles. The summed E-state index contributed by atoms with van der Waals surface area (Å²) >= 11 is 0. The Balaban J connectivity index is 1.95. The van der Waals surface area contributed by atoms with E-state index < -0.39 is 28.5 Å². The number of carbonyl (C=O) groups excluding carboxylic acids is 2. The Hall–Kier alpha value is -3.65. The smallest absolute Gasteiger partial charge is 0.264 e. The molecule has 3 aromatic rings. The Labute approximate surface area is 232 Å². The van der Waals surface area contributed by atoms with Gasteiger partial charge in [-0.15, -0.1) is 0 Å². The van der Waals surface area contributed by atoms with Crippen LogP contribution in [-0.4, -0.2) is 50.8 Å². The zero-order valence-corrected chi connectivity index (χ0v) is 24.2. The molecule has 8 heteroatoms. The standard InChI is InChI=1S/C31H39N3O4S/c1-23(2)21-32-31(36)26(5)33(20-19-27-9-7-6-8-10-27)30(35)22-34(28-15-11-24(3)12-16-28)39(37,38)29-17-13-25(4)14-18-29/h6-18,23,26H,19-22H2,1-5H3,(H,32,36). The van der Waals surface area contributed by atoms with Crippen LogP contribution in [-0.2, 0) is 26.0 Å². The monoisotopic (exact) mass is 549 g/mol. The second kappa shape index (κ2) is 13.4. The van der Waals surface area contributed by atoms with Gasteiger partial charge in [0, 0.05) is 13.1 Å². The van der Waals surface area contributed by atoms with Crippen LogP contribution in [0.15, 0.2) is 83.8 Å². The molecule has 7 nitrogen and oxygen atoms in total. The molecule has 39 heavy (non-hydrogen) atoms. The highest BCUT2D eigenvalue weighted by Crippen LogP contribution is 2.25. The van der Waals surface area contributed by atoms with Crippen LogP contribution in [0.5, 0.6) is 0 Å². The maximum absolute atomic E-state index is 13.9. The van der Waals surface area contributed by atoms with Gasteiger partial charge in [0.05, 0.1) is 10.6 Å². The molecule has 0 heterocycles. The van der Waals surface area contributed by atoms with Crippen LogP contribution >= 0.6 is 0 Å². The highest BCUT2D eigenvalue weighted by Gasteiger charge is 2.32. The van der Waals surface area contributed by atoms with Crippen LogP contribution in [0.25, 0.3) is 0 Å². The van der Waals surface area contributed by atoms with Crippen molar-refractivity contribution in [3.8, 4) is 0 Å². The molecule has 0 aliphatic rings. The molecule has 0 aliphatic carbocycles. The minimum atomic E-state index is -4.06. The van der Waals surface area contributed by atoms with Gasteiger partial charge in [0.1, 0.15) is 12.6 Å². The van der Waals surface area contributed by atoms with E-state index in [0.29, 0.717) is 18.7 Å². The number of hydrogen-bond donors (Lipinski definition) is 1. The Morgan fingerprint density at radius 1 is 0.821 bits per heavy atom. The second-order valence-electron chi connectivity index (χ2n) is 10.3. The topological polar surface area (TPSA) is 86.8 Å². The van der Waals surface area contributed by atoms with E-state index in [4.69, 9.17) is 0 Å². The first kappa shape index (κ1) is 29.9. The molecule has 0 spiro atoms. The molecular formula is C31H39N3O4S. The zero-order chi connectivity index (χ0) is 28.6. The number of carbonyl (C=O) groups is 2. The fourth-order valence-corrected chi connectivity index (χ4v) is 5.51. The van der Waals surface area contributed by atoms with Gasteiger partial charge < -0.3 is 10.2 Å². The number of nitrogens with zero attached hydrogens (tertiary/aromatic N) is 2. The fourth-order valence-electron chi connectivity index (χ4n) is 4.10. The van der Waals surface area contributed by atoms with Gasteiger partial charge in [-0.3, -0.25) is 13.9 Å². The summed E-state index contributed by atoms with van der Waals surface area (Å²) in [5.74, 6) is -0.464. The summed E-state index contributed by atoms with van der Waals surface area (Å²) in [6.07, 6.45) is 0.531. The van der Waals surface area contributed by atoms with Gasteiger partial charge in [-0.1, -0.05) is 79.6 Å². The van der Waals surface area contributed by atoms with Crippen molar-refractivity contribution >= 4 is 27.5 Å². The first-order chi connectivity index (χ1) is 18.5. The fraction of sp³-hybridized carbons (Fsp3) is 0.355. The van der Waals surface area contributed by atoms with Crippen LogP contribution in [0.2, 0.25) is 0 Å². The summed E-state index contributed by atoms with van der Waals surface area (Å²) in [7, 11) is -4.06. The van der Waals surface area contributed by atoms with Crippen LogP contribution in [0.1, 0.15) is 37.5 Å². The number of amides is 2. The maximum atomic E-state index is 13.9. The van der Waals surface area contributed by atoms with Crippen molar-refractivity contribution < 1.29 is 18.0 Å². The summed E-state index contributed by atoms with van der Waals surface area (Å²) in [6, 6.07) is 22.5.